The molecule has 1 saturated heterocycles. The highest BCUT2D eigenvalue weighted by molar-refractivity contribution is 14.0. The highest BCUT2D eigenvalue weighted by Gasteiger charge is 2.26. The normalized spacial score (nSPS) is 15.0. The van der Waals surface area contributed by atoms with Gasteiger partial charge in [-0.1, -0.05) is 12.1 Å². The lowest BCUT2D eigenvalue weighted by atomic mass is 9.97. The molecule has 1 fully saturated rings. The predicted molar refractivity (Wildman–Crippen MR) is 112 cm³/mol. The van der Waals surface area contributed by atoms with Crippen molar-refractivity contribution in [1.29, 1.82) is 0 Å². The van der Waals surface area contributed by atoms with Gasteiger partial charge in [0.25, 0.3) is 5.91 Å². The molecular weight excluding hydrogens is 447 g/mol. The molecule has 0 saturated carbocycles. The summed E-state index contributed by atoms with van der Waals surface area (Å²) in [5.74, 6) is 0.544. The van der Waals surface area contributed by atoms with Crippen LogP contribution in [0, 0.1) is 5.92 Å². The van der Waals surface area contributed by atoms with Crippen molar-refractivity contribution in [3.05, 3.63) is 35.4 Å². The molecule has 2 rings (SSSR count). The first-order chi connectivity index (χ1) is 12.1. The number of nitrogens with one attached hydrogen (secondary N) is 2. The maximum atomic E-state index is 11.7. The van der Waals surface area contributed by atoms with Gasteiger partial charge in [-0.25, -0.2) is 0 Å². The van der Waals surface area contributed by atoms with Gasteiger partial charge in [0.05, 0.1) is 13.0 Å². The first-order valence-electron chi connectivity index (χ1n) is 8.43. The number of rotatable bonds is 4. The van der Waals surface area contributed by atoms with Crippen molar-refractivity contribution in [2.45, 2.75) is 19.4 Å². The molecule has 7 nitrogen and oxygen atoms in total. The van der Waals surface area contributed by atoms with Gasteiger partial charge in [-0.3, -0.25) is 14.6 Å². The molecule has 0 aromatic heterocycles. The molecule has 1 aliphatic heterocycles. The summed E-state index contributed by atoms with van der Waals surface area (Å²) >= 11 is 0. The minimum absolute atomic E-state index is 0. The number of piperidine rings is 1. The third-order valence-electron chi connectivity index (χ3n) is 4.41. The molecule has 144 valence electrons. The number of hydrogen-bond donors (Lipinski definition) is 2. The standard InChI is InChI=1S/C18H26N4O3.HI/c1-19-16(23)15-6-4-5-13(11-15)12-21-18(20-2)22-9-7-14(8-10-22)17(24)25-3;/h4-6,11,14H,7-10,12H2,1-3H3,(H,19,23)(H,20,21);1H. The van der Waals surface area contributed by atoms with Crippen LogP contribution in [0.4, 0.5) is 0 Å². The number of aliphatic imine (C=N–C) groups is 1. The van der Waals surface area contributed by atoms with Crippen molar-refractivity contribution in [3.8, 4) is 0 Å². The van der Waals surface area contributed by atoms with E-state index in [0.717, 1.165) is 37.5 Å². The molecule has 0 radical (unpaired) electrons. The minimum atomic E-state index is -0.131. The fourth-order valence-electron chi connectivity index (χ4n) is 2.97. The number of amides is 1. The van der Waals surface area contributed by atoms with Gasteiger partial charge in [0.15, 0.2) is 5.96 Å². The maximum Gasteiger partial charge on any atom is 0.308 e. The van der Waals surface area contributed by atoms with Gasteiger partial charge in [0.2, 0.25) is 0 Å². The number of benzene rings is 1. The van der Waals surface area contributed by atoms with Gasteiger partial charge in [-0.05, 0) is 30.5 Å². The highest BCUT2D eigenvalue weighted by atomic mass is 127. The topological polar surface area (TPSA) is 83.0 Å². The van der Waals surface area contributed by atoms with E-state index >= 15 is 0 Å². The zero-order chi connectivity index (χ0) is 18.2. The van der Waals surface area contributed by atoms with Crippen molar-refractivity contribution in [2.24, 2.45) is 10.9 Å². The number of halogens is 1. The molecule has 26 heavy (non-hydrogen) atoms. The Kier molecular flexibility index (Phi) is 9.39. The molecule has 1 heterocycles. The Morgan fingerprint density at radius 3 is 2.58 bits per heavy atom. The quantitative estimate of drug-likeness (QED) is 0.300. The van der Waals surface area contributed by atoms with Crippen LogP contribution in [0.5, 0.6) is 0 Å². The van der Waals surface area contributed by atoms with E-state index in [4.69, 9.17) is 4.74 Å². The van der Waals surface area contributed by atoms with E-state index in [0.29, 0.717) is 12.1 Å². The number of likely N-dealkylation sites (tertiary alicyclic amines) is 1. The fraction of sp³-hybridized carbons (Fsp3) is 0.500. The van der Waals surface area contributed by atoms with Crippen LogP contribution in [0.2, 0.25) is 0 Å². The number of carbonyl (C=O) groups is 2. The Bertz CT molecular complexity index is 643. The van der Waals surface area contributed by atoms with Crippen LogP contribution in [0.25, 0.3) is 0 Å². The van der Waals surface area contributed by atoms with Gasteiger partial charge >= 0.3 is 5.97 Å². The molecular formula is C18H27IN4O3. The summed E-state index contributed by atoms with van der Waals surface area (Å²) in [6.45, 7) is 2.10. The third kappa shape index (κ3) is 5.86. The summed E-state index contributed by atoms with van der Waals surface area (Å²) in [5, 5.41) is 5.95. The van der Waals surface area contributed by atoms with Crippen LogP contribution in [0.1, 0.15) is 28.8 Å². The minimum Gasteiger partial charge on any atom is -0.469 e. The molecule has 1 aliphatic rings. The lowest BCUT2D eigenvalue weighted by Gasteiger charge is -2.33. The second-order valence-electron chi connectivity index (χ2n) is 5.96. The maximum absolute atomic E-state index is 11.7. The smallest absolute Gasteiger partial charge is 0.308 e. The SMILES string of the molecule is CN=C(NCc1cccc(C(=O)NC)c1)N1CCC(C(=O)OC)CC1.I. The molecule has 1 amide bonds. The fourth-order valence-corrected chi connectivity index (χ4v) is 2.97. The summed E-state index contributed by atoms with van der Waals surface area (Å²) in [4.78, 5) is 29.8. The van der Waals surface area contributed by atoms with Crippen molar-refractivity contribution in [1.82, 2.24) is 15.5 Å². The Balaban J connectivity index is 0.00000338. The Labute approximate surface area is 171 Å². The second-order valence-corrected chi connectivity index (χ2v) is 5.96. The Morgan fingerprint density at radius 2 is 2.00 bits per heavy atom. The highest BCUT2D eigenvalue weighted by Crippen LogP contribution is 2.18. The molecule has 2 N–H and O–H groups in total. The average Bonchev–Trinajstić information content (AvgIpc) is 2.67. The van der Waals surface area contributed by atoms with Crippen LogP contribution in [0.15, 0.2) is 29.3 Å². The number of guanidine groups is 1. The van der Waals surface area contributed by atoms with Crippen molar-refractivity contribution >= 4 is 41.8 Å². The van der Waals surface area contributed by atoms with Crippen LogP contribution in [-0.2, 0) is 16.1 Å². The molecule has 0 aliphatic carbocycles. The van der Waals surface area contributed by atoms with E-state index < -0.39 is 0 Å². The van der Waals surface area contributed by atoms with E-state index in [1.165, 1.54) is 7.11 Å². The summed E-state index contributed by atoms with van der Waals surface area (Å²) in [6, 6.07) is 7.49. The Hall–Kier alpha value is -1.84. The monoisotopic (exact) mass is 474 g/mol. The van der Waals surface area contributed by atoms with Crippen LogP contribution in [0.3, 0.4) is 0 Å². The van der Waals surface area contributed by atoms with Crippen LogP contribution >= 0.6 is 24.0 Å². The van der Waals surface area contributed by atoms with Crippen molar-refractivity contribution in [3.63, 3.8) is 0 Å². The molecule has 8 heteroatoms. The summed E-state index contributed by atoms with van der Waals surface area (Å²) in [7, 11) is 4.80. The Morgan fingerprint density at radius 1 is 1.31 bits per heavy atom. The number of carbonyl (C=O) groups excluding carboxylic acids is 2. The number of ether oxygens (including phenoxy) is 1. The van der Waals surface area contributed by atoms with Gasteiger partial charge in [0.1, 0.15) is 0 Å². The zero-order valence-electron chi connectivity index (χ0n) is 15.4. The number of hydrogen-bond acceptors (Lipinski definition) is 4. The zero-order valence-corrected chi connectivity index (χ0v) is 17.8. The van der Waals surface area contributed by atoms with Gasteiger partial charge < -0.3 is 20.3 Å². The number of esters is 1. The lowest BCUT2D eigenvalue weighted by molar-refractivity contribution is -0.146. The largest absolute Gasteiger partial charge is 0.469 e. The van der Waals surface area contributed by atoms with Crippen LogP contribution in [-0.4, -0.2) is 57.0 Å². The average molecular weight is 474 g/mol. The van der Waals surface area contributed by atoms with E-state index in [1.54, 1.807) is 20.2 Å². The first-order valence-corrected chi connectivity index (χ1v) is 8.43. The lowest BCUT2D eigenvalue weighted by Crippen LogP contribution is -2.46. The van der Waals surface area contributed by atoms with E-state index in [9.17, 15) is 9.59 Å². The third-order valence-corrected chi connectivity index (χ3v) is 4.41. The second kappa shape index (κ2) is 11.0. The van der Waals surface area contributed by atoms with Gasteiger partial charge in [0, 0.05) is 39.3 Å². The first kappa shape index (κ1) is 22.2. The van der Waals surface area contributed by atoms with E-state index in [2.05, 4.69) is 20.5 Å². The molecule has 1 aromatic carbocycles. The molecule has 1 aromatic rings. The van der Waals surface area contributed by atoms with E-state index in [-0.39, 0.29) is 41.8 Å². The van der Waals surface area contributed by atoms with Gasteiger partial charge in [-0.15, -0.1) is 24.0 Å². The summed E-state index contributed by atoms with van der Waals surface area (Å²) in [6.07, 6.45) is 1.53. The molecule has 0 spiro atoms. The summed E-state index contributed by atoms with van der Waals surface area (Å²) < 4.78 is 4.82. The number of nitrogens with zero attached hydrogens (tertiary/aromatic N) is 2. The van der Waals surface area contributed by atoms with E-state index in [1.807, 2.05) is 18.2 Å². The van der Waals surface area contributed by atoms with Crippen LogP contribution < -0.4 is 10.6 Å². The summed E-state index contributed by atoms with van der Waals surface area (Å²) in [5.41, 5.74) is 1.64. The molecule has 0 atom stereocenters. The van der Waals surface area contributed by atoms with Gasteiger partial charge in [-0.2, -0.15) is 0 Å². The van der Waals surface area contributed by atoms with Crippen molar-refractivity contribution < 1.29 is 14.3 Å². The van der Waals surface area contributed by atoms with Crippen molar-refractivity contribution in [2.75, 3.05) is 34.3 Å². The predicted octanol–water partition coefficient (Wildman–Crippen LogP) is 1.62. The molecule has 0 bridgehead atoms. The molecule has 0 unspecified atom stereocenters. The number of methoxy groups -OCH3 is 1.